The minimum absolute atomic E-state index is 0.148. The second-order valence-corrected chi connectivity index (χ2v) is 3.43. The molecule has 0 aliphatic carbocycles. The Morgan fingerprint density at radius 2 is 2.25 bits per heavy atom. The molecule has 0 spiro atoms. The molecule has 0 saturated carbocycles. The van der Waals surface area contributed by atoms with E-state index in [0.717, 1.165) is 19.3 Å². The fourth-order valence-corrected chi connectivity index (χ4v) is 1.25. The van der Waals surface area contributed by atoms with Gasteiger partial charge in [-0.3, -0.25) is 4.79 Å². The van der Waals surface area contributed by atoms with Gasteiger partial charge in [0.25, 0.3) is 0 Å². The number of alkyl halides is 1. The van der Waals surface area contributed by atoms with Gasteiger partial charge in [0.1, 0.15) is 0 Å². The van der Waals surface area contributed by atoms with E-state index in [2.05, 4.69) is 12.2 Å². The van der Waals surface area contributed by atoms with E-state index >= 15 is 0 Å². The highest BCUT2D eigenvalue weighted by molar-refractivity contribution is 6.17. The lowest BCUT2D eigenvalue weighted by Gasteiger charge is -2.11. The topological polar surface area (TPSA) is 29.1 Å². The van der Waals surface area contributed by atoms with Crippen LogP contribution in [0.4, 0.5) is 0 Å². The first-order chi connectivity index (χ1) is 5.70. The van der Waals surface area contributed by atoms with Crippen LogP contribution >= 0.6 is 11.6 Å². The summed E-state index contributed by atoms with van der Waals surface area (Å²) >= 11 is 5.53. The third-order valence-corrected chi connectivity index (χ3v) is 1.93. The highest BCUT2D eigenvalue weighted by atomic mass is 35.5. The van der Waals surface area contributed by atoms with Gasteiger partial charge in [-0.05, 0) is 19.8 Å². The lowest BCUT2D eigenvalue weighted by molar-refractivity contribution is -0.121. The van der Waals surface area contributed by atoms with Gasteiger partial charge in [-0.2, -0.15) is 0 Å². The van der Waals surface area contributed by atoms with Gasteiger partial charge in [0.2, 0.25) is 5.91 Å². The number of amides is 1. The molecule has 1 amide bonds. The molecule has 0 aromatic carbocycles. The predicted octanol–water partition coefficient (Wildman–Crippen LogP) is 2.31. The van der Waals surface area contributed by atoms with E-state index in [4.69, 9.17) is 11.6 Å². The number of carbonyl (C=O) groups excluding carboxylic acids is 1. The lowest BCUT2D eigenvalue weighted by atomic mass is 10.2. The summed E-state index contributed by atoms with van der Waals surface area (Å²) in [4.78, 5) is 11.1. The van der Waals surface area contributed by atoms with E-state index < -0.39 is 0 Å². The maximum atomic E-state index is 11.1. The van der Waals surface area contributed by atoms with Gasteiger partial charge in [0.15, 0.2) is 0 Å². The minimum atomic E-state index is 0.148. The van der Waals surface area contributed by atoms with E-state index in [-0.39, 0.29) is 11.9 Å². The Kier molecular flexibility index (Phi) is 7.26. The van der Waals surface area contributed by atoms with E-state index in [9.17, 15) is 4.79 Å². The molecule has 0 bridgehead atoms. The second kappa shape index (κ2) is 7.41. The van der Waals surface area contributed by atoms with Crippen molar-refractivity contribution in [3.8, 4) is 0 Å². The van der Waals surface area contributed by atoms with Crippen molar-refractivity contribution in [1.29, 1.82) is 0 Å². The molecule has 0 fully saturated rings. The van der Waals surface area contributed by atoms with E-state index in [1.165, 1.54) is 0 Å². The number of rotatable bonds is 6. The molecular weight excluding hydrogens is 174 g/mol. The number of hydrogen-bond acceptors (Lipinski definition) is 1. The van der Waals surface area contributed by atoms with Crippen LogP contribution < -0.4 is 5.32 Å². The third kappa shape index (κ3) is 6.47. The normalized spacial score (nSPS) is 12.6. The van der Waals surface area contributed by atoms with E-state index in [0.29, 0.717) is 12.3 Å². The first-order valence-corrected chi connectivity index (χ1v) is 5.09. The van der Waals surface area contributed by atoms with Crippen LogP contribution in [0.15, 0.2) is 0 Å². The molecule has 1 atom stereocenters. The van der Waals surface area contributed by atoms with Gasteiger partial charge < -0.3 is 5.32 Å². The van der Waals surface area contributed by atoms with Crippen LogP contribution in [-0.4, -0.2) is 17.8 Å². The fraction of sp³-hybridized carbons (Fsp3) is 0.889. The Morgan fingerprint density at radius 1 is 1.58 bits per heavy atom. The van der Waals surface area contributed by atoms with Crippen molar-refractivity contribution in [2.75, 3.05) is 5.88 Å². The van der Waals surface area contributed by atoms with E-state index in [1.807, 2.05) is 6.92 Å². The molecule has 0 aromatic heterocycles. The Bertz CT molecular complexity index is 128. The molecule has 0 aromatic rings. The van der Waals surface area contributed by atoms with Crippen molar-refractivity contribution in [2.45, 2.75) is 45.6 Å². The molecule has 0 radical (unpaired) electrons. The van der Waals surface area contributed by atoms with Crippen molar-refractivity contribution in [3.63, 3.8) is 0 Å². The quantitative estimate of drug-likeness (QED) is 0.642. The summed E-state index contributed by atoms with van der Waals surface area (Å²) in [6, 6.07) is 0.215. The highest BCUT2D eigenvalue weighted by Gasteiger charge is 2.04. The Balaban J connectivity index is 3.40. The molecule has 0 saturated heterocycles. The Morgan fingerprint density at radius 3 is 2.75 bits per heavy atom. The van der Waals surface area contributed by atoms with Crippen molar-refractivity contribution < 1.29 is 4.79 Å². The maximum Gasteiger partial charge on any atom is 0.220 e. The predicted molar refractivity (Wildman–Crippen MR) is 52.5 cm³/mol. The molecule has 1 unspecified atom stereocenters. The summed E-state index contributed by atoms with van der Waals surface area (Å²) in [5.74, 6) is 0.754. The van der Waals surface area contributed by atoms with Crippen LogP contribution in [0.2, 0.25) is 0 Å². The fourth-order valence-electron chi connectivity index (χ4n) is 0.920. The van der Waals surface area contributed by atoms with Crippen LogP contribution in [0.5, 0.6) is 0 Å². The van der Waals surface area contributed by atoms with Gasteiger partial charge in [0, 0.05) is 18.3 Å². The molecule has 0 aliphatic heterocycles. The average molecular weight is 192 g/mol. The first-order valence-electron chi connectivity index (χ1n) is 4.56. The van der Waals surface area contributed by atoms with Crippen molar-refractivity contribution in [2.24, 2.45) is 0 Å². The number of unbranched alkanes of at least 4 members (excludes halogenated alkanes) is 1. The largest absolute Gasteiger partial charge is 0.354 e. The zero-order chi connectivity index (χ0) is 9.40. The molecule has 0 aliphatic rings. The molecule has 0 heterocycles. The molecule has 2 nitrogen and oxygen atoms in total. The van der Waals surface area contributed by atoms with Crippen molar-refractivity contribution >= 4 is 17.5 Å². The lowest BCUT2D eigenvalue weighted by Crippen LogP contribution is -2.32. The Hall–Kier alpha value is -0.240. The number of nitrogens with one attached hydrogen (secondary N) is 1. The van der Waals surface area contributed by atoms with Crippen molar-refractivity contribution in [1.82, 2.24) is 5.32 Å². The van der Waals surface area contributed by atoms with Gasteiger partial charge in [-0.15, -0.1) is 11.6 Å². The smallest absolute Gasteiger partial charge is 0.220 e. The molecular formula is C9H18ClNO. The van der Waals surface area contributed by atoms with Crippen LogP contribution in [0.25, 0.3) is 0 Å². The number of carbonyl (C=O) groups is 1. The Labute approximate surface area is 79.7 Å². The standard InChI is InChI=1S/C9H18ClNO/c1-3-4-5-9(12)11-8(2)6-7-10/h8H,3-7H2,1-2H3,(H,11,12). The summed E-state index contributed by atoms with van der Waals surface area (Å²) in [5.41, 5.74) is 0. The SMILES string of the molecule is CCCCC(=O)NC(C)CCCl. The summed E-state index contributed by atoms with van der Waals surface area (Å²) < 4.78 is 0. The summed E-state index contributed by atoms with van der Waals surface area (Å²) in [6.07, 6.45) is 3.53. The van der Waals surface area contributed by atoms with Crippen molar-refractivity contribution in [3.05, 3.63) is 0 Å². The van der Waals surface area contributed by atoms with Crippen LogP contribution in [0.1, 0.15) is 39.5 Å². The van der Waals surface area contributed by atoms with Gasteiger partial charge in [-0.25, -0.2) is 0 Å². The zero-order valence-corrected chi connectivity index (χ0v) is 8.66. The summed E-state index contributed by atoms with van der Waals surface area (Å²) in [7, 11) is 0. The van der Waals surface area contributed by atoms with Gasteiger partial charge in [0.05, 0.1) is 0 Å². The molecule has 0 rings (SSSR count). The molecule has 1 N–H and O–H groups in total. The highest BCUT2D eigenvalue weighted by Crippen LogP contribution is 1.97. The second-order valence-electron chi connectivity index (χ2n) is 3.05. The van der Waals surface area contributed by atoms with Crippen LogP contribution in [0.3, 0.4) is 0 Å². The summed E-state index contributed by atoms with van der Waals surface area (Å²) in [6.45, 7) is 4.06. The number of halogens is 1. The van der Waals surface area contributed by atoms with Crippen LogP contribution in [-0.2, 0) is 4.79 Å². The monoisotopic (exact) mass is 191 g/mol. The van der Waals surface area contributed by atoms with Gasteiger partial charge >= 0.3 is 0 Å². The minimum Gasteiger partial charge on any atom is -0.354 e. The molecule has 3 heteroatoms. The van der Waals surface area contributed by atoms with Gasteiger partial charge in [-0.1, -0.05) is 13.3 Å². The summed E-state index contributed by atoms with van der Waals surface area (Å²) in [5, 5.41) is 2.89. The third-order valence-electron chi connectivity index (χ3n) is 1.71. The molecule has 12 heavy (non-hydrogen) atoms. The molecule has 72 valence electrons. The first kappa shape index (κ1) is 11.8. The maximum absolute atomic E-state index is 11.1. The van der Waals surface area contributed by atoms with E-state index in [1.54, 1.807) is 0 Å². The van der Waals surface area contributed by atoms with Crippen LogP contribution in [0, 0.1) is 0 Å². The number of hydrogen-bond donors (Lipinski definition) is 1. The zero-order valence-electron chi connectivity index (χ0n) is 7.90. The average Bonchev–Trinajstić information content (AvgIpc) is 2.01.